The maximum absolute atomic E-state index is 5.07. The van der Waals surface area contributed by atoms with Crippen molar-refractivity contribution in [1.82, 2.24) is 9.97 Å². The first-order valence-corrected chi connectivity index (χ1v) is 10.1. The van der Waals surface area contributed by atoms with Gasteiger partial charge in [0.25, 0.3) is 0 Å². The Morgan fingerprint density at radius 3 is 2.07 bits per heavy atom. The molecule has 0 saturated heterocycles. The third-order valence-corrected chi connectivity index (χ3v) is 5.71. The smallest absolute Gasteiger partial charge is 0.0788 e. The minimum absolute atomic E-state index is 0.978. The Kier molecular flexibility index (Phi) is 3.82. The van der Waals surface area contributed by atoms with E-state index in [4.69, 9.17) is 4.98 Å². The Morgan fingerprint density at radius 2 is 1.23 bits per heavy atom. The van der Waals surface area contributed by atoms with Gasteiger partial charge in [0.2, 0.25) is 0 Å². The van der Waals surface area contributed by atoms with Crippen LogP contribution in [0.4, 0.5) is 0 Å². The van der Waals surface area contributed by atoms with Crippen LogP contribution in [0.1, 0.15) is 0 Å². The fourth-order valence-corrected chi connectivity index (χ4v) is 4.27. The molecule has 0 saturated carbocycles. The molecule has 0 aliphatic heterocycles. The van der Waals surface area contributed by atoms with Crippen LogP contribution in [0.3, 0.4) is 0 Å². The van der Waals surface area contributed by atoms with Crippen LogP contribution in [0, 0.1) is 0 Å². The number of para-hydroxylation sites is 1. The van der Waals surface area contributed by atoms with Crippen LogP contribution in [0.5, 0.6) is 0 Å². The Morgan fingerprint density at radius 1 is 0.500 bits per heavy atom. The molecule has 0 atom stereocenters. The SMILES string of the molecule is c1ccc(-c2ccc(-c3nc4ccccc4c4c3ccc3ccccc34)cc2)nc1. The normalized spacial score (nSPS) is 11.3. The fourth-order valence-electron chi connectivity index (χ4n) is 4.27. The third-order valence-electron chi connectivity index (χ3n) is 5.71. The first-order valence-electron chi connectivity index (χ1n) is 10.1. The average molecular weight is 382 g/mol. The lowest BCUT2D eigenvalue weighted by molar-refractivity contribution is 1.32. The van der Waals surface area contributed by atoms with Crippen LogP contribution in [-0.2, 0) is 0 Å². The summed E-state index contributed by atoms with van der Waals surface area (Å²) in [6.45, 7) is 0. The molecule has 0 radical (unpaired) electrons. The molecule has 6 rings (SSSR count). The monoisotopic (exact) mass is 382 g/mol. The van der Waals surface area contributed by atoms with E-state index in [0.29, 0.717) is 0 Å². The summed E-state index contributed by atoms with van der Waals surface area (Å²) >= 11 is 0. The number of benzene rings is 4. The van der Waals surface area contributed by atoms with Crippen LogP contribution in [-0.4, -0.2) is 9.97 Å². The highest BCUT2D eigenvalue weighted by molar-refractivity contribution is 6.22. The summed E-state index contributed by atoms with van der Waals surface area (Å²) in [4.78, 5) is 9.53. The lowest BCUT2D eigenvalue weighted by atomic mass is 9.95. The van der Waals surface area contributed by atoms with Gasteiger partial charge >= 0.3 is 0 Å². The quantitative estimate of drug-likeness (QED) is 0.294. The average Bonchev–Trinajstić information content (AvgIpc) is 2.84. The van der Waals surface area contributed by atoms with Crippen molar-refractivity contribution >= 4 is 32.4 Å². The van der Waals surface area contributed by atoms with Gasteiger partial charge in [0.15, 0.2) is 0 Å². The second-order valence-electron chi connectivity index (χ2n) is 7.48. The van der Waals surface area contributed by atoms with Gasteiger partial charge in [-0.3, -0.25) is 4.98 Å². The first kappa shape index (κ1) is 16.9. The van der Waals surface area contributed by atoms with Gasteiger partial charge in [-0.15, -0.1) is 0 Å². The van der Waals surface area contributed by atoms with E-state index in [2.05, 4.69) is 89.9 Å². The number of pyridine rings is 2. The van der Waals surface area contributed by atoms with Crippen molar-refractivity contribution in [2.24, 2.45) is 0 Å². The number of nitrogens with zero attached hydrogens (tertiary/aromatic N) is 2. The molecule has 2 heteroatoms. The van der Waals surface area contributed by atoms with E-state index in [1.807, 2.05) is 24.4 Å². The van der Waals surface area contributed by atoms with Gasteiger partial charge in [-0.25, -0.2) is 4.98 Å². The molecule has 140 valence electrons. The van der Waals surface area contributed by atoms with Crippen molar-refractivity contribution in [2.75, 3.05) is 0 Å². The third kappa shape index (κ3) is 2.66. The van der Waals surface area contributed by atoms with E-state index < -0.39 is 0 Å². The van der Waals surface area contributed by atoms with Crippen LogP contribution < -0.4 is 0 Å². The highest BCUT2D eigenvalue weighted by atomic mass is 14.7. The summed E-state index contributed by atoms with van der Waals surface area (Å²) in [6, 6.07) is 35.9. The van der Waals surface area contributed by atoms with Crippen molar-refractivity contribution in [2.45, 2.75) is 0 Å². The van der Waals surface area contributed by atoms with Gasteiger partial charge in [-0.1, -0.05) is 84.9 Å². The van der Waals surface area contributed by atoms with Gasteiger partial charge in [-0.05, 0) is 29.0 Å². The zero-order valence-corrected chi connectivity index (χ0v) is 16.3. The second-order valence-corrected chi connectivity index (χ2v) is 7.48. The van der Waals surface area contributed by atoms with Crippen molar-refractivity contribution in [3.8, 4) is 22.5 Å². The Bertz CT molecular complexity index is 1500. The van der Waals surface area contributed by atoms with E-state index in [-0.39, 0.29) is 0 Å². The van der Waals surface area contributed by atoms with E-state index in [0.717, 1.165) is 28.0 Å². The number of hydrogen-bond donors (Lipinski definition) is 0. The van der Waals surface area contributed by atoms with E-state index >= 15 is 0 Å². The van der Waals surface area contributed by atoms with Crippen molar-refractivity contribution in [1.29, 1.82) is 0 Å². The summed E-state index contributed by atoms with van der Waals surface area (Å²) in [5.74, 6) is 0. The fraction of sp³-hybridized carbons (Fsp3) is 0. The van der Waals surface area contributed by atoms with Gasteiger partial charge in [-0.2, -0.15) is 0 Å². The van der Waals surface area contributed by atoms with E-state index in [9.17, 15) is 0 Å². The predicted octanol–water partition coefficient (Wildman–Crippen LogP) is 7.27. The minimum Gasteiger partial charge on any atom is -0.256 e. The molecule has 0 amide bonds. The molecule has 0 bridgehead atoms. The molecule has 6 aromatic rings. The summed E-state index contributed by atoms with van der Waals surface area (Å²) in [7, 11) is 0. The number of hydrogen-bond acceptors (Lipinski definition) is 2. The molecule has 0 spiro atoms. The van der Waals surface area contributed by atoms with Crippen LogP contribution >= 0.6 is 0 Å². The summed E-state index contributed by atoms with van der Waals surface area (Å²) < 4.78 is 0. The lowest BCUT2D eigenvalue weighted by Gasteiger charge is -2.13. The molecule has 30 heavy (non-hydrogen) atoms. The zero-order chi connectivity index (χ0) is 19.9. The maximum atomic E-state index is 5.07. The minimum atomic E-state index is 0.978. The summed E-state index contributed by atoms with van der Waals surface area (Å²) in [5, 5.41) is 6.15. The van der Waals surface area contributed by atoms with Crippen LogP contribution in [0.15, 0.2) is 109 Å². The zero-order valence-electron chi connectivity index (χ0n) is 16.3. The molecule has 0 N–H and O–H groups in total. The topological polar surface area (TPSA) is 25.8 Å². The van der Waals surface area contributed by atoms with E-state index in [1.54, 1.807) is 0 Å². The lowest BCUT2D eigenvalue weighted by Crippen LogP contribution is -1.91. The molecular formula is C28H18N2. The number of aromatic nitrogens is 2. The first-order chi connectivity index (χ1) is 14.9. The Hall–Kier alpha value is -4.04. The van der Waals surface area contributed by atoms with Gasteiger partial charge in [0.1, 0.15) is 0 Å². The summed E-state index contributed by atoms with van der Waals surface area (Å²) in [5.41, 5.74) is 5.23. The molecular weight excluding hydrogens is 364 g/mol. The highest BCUT2D eigenvalue weighted by Gasteiger charge is 2.13. The molecule has 2 nitrogen and oxygen atoms in total. The van der Waals surface area contributed by atoms with Crippen molar-refractivity contribution in [3.63, 3.8) is 0 Å². The van der Waals surface area contributed by atoms with Gasteiger partial charge in [0.05, 0.1) is 16.9 Å². The van der Waals surface area contributed by atoms with Gasteiger partial charge in [0, 0.05) is 33.5 Å². The van der Waals surface area contributed by atoms with E-state index in [1.165, 1.54) is 26.9 Å². The number of rotatable bonds is 2. The Balaban J connectivity index is 1.64. The maximum Gasteiger partial charge on any atom is 0.0788 e. The molecule has 0 aliphatic carbocycles. The molecule has 0 fully saturated rings. The summed E-state index contributed by atoms with van der Waals surface area (Å²) in [6.07, 6.45) is 1.83. The molecule has 0 unspecified atom stereocenters. The van der Waals surface area contributed by atoms with Crippen molar-refractivity contribution < 1.29 is 0 Å². The standard InChI is InChI=1S/C28H18N2/c1-2-8-22-19(7-1)16-17-24-27(22)23-9-3-4-11-26(23)30-28(24)21-14-12-20(13-15-21)25-10-5-6-18-29-25/h1-18H. The van der Waals surface area contributed by atoms with Crippen LogP contribution in [0.25, 0.3) is 55.0 Å². The second kappa shape index (κ2) is 6.78. The molecule has 0 aliphatic rings. The Labute approximate surface area is 174 Å². The number of fused-ring (bicyclic) bond motifs is 5. The molecule has 2 heterocycles. The highest BCUT2D eigenvalue weighted by Crippen LogP contribution is 2.37. The predicted molar refractivity (Wildman–Crippen MR) is 125 cm³/mol. The van der Waals surface area contributed by atoms with Crippen LogP contribution in [0.2, 0.25) is 0 Å². The largest absolute Gasteiger partial charge is 0.256 e. The van der Waals surface area contributed by atoms with Crippen molar-refractivity contribution in [3.05, 3.63) is 109 Å². The molecule has 2 aromatic heterocycles. The van der Waals surface area contributed by atoms with Gasteiger partial charge < -0.3 is 0 Å². The molecule has 4 aromatic carbocycles.